The van der Waals surface area contributed by atoms with E-state index in [1.54, 1.807) is 37.3 Å². The molecule has 12 heteroatoms. The van der Waals surface area contributed by atoms with E-state index in [0.717, 1.165) is 10.4 Å². The van der Waals surface area contributed by atoms with Crippen molar-refractivity contribution in [3.8, 4) is 0 Å². The van der Waals surface area contributed by atoms with E-state index in [0.29, 0.717) is 17.0 Å². The first-order chi connectivity index (χ1) is 17.1. The van der Waals surface area contributed by atoms with Crippen LogP contribution in [0.3, 0.4) is 0 Å². The smallest absolute Gasteiger partial charge is 0.271 e. The lowest BCUT2D eigenvalue weighted by molar-refractivity contribution is -0.384. The largest absolute Gasteiger partial charge is 0.326 e. The summed E-state index contributed by atoms with van der Waals surface area (Å²) in [6.45, 7) is 2.33. The van der Waals surface area contributed by atoms with Crippen molar-refractivity contribution in [1.82, 2.24) is 5.43 Å². The predicted octanol–water partition coefficient (Wildman–Crippen LogP) is 3.29. The average molecular weight is 510 g/mol. The molecule has 11 nitrogen and oxygen atoms in total. The second-order valence-electron chi connectivity index (χ2n) is 7.60. The molecule has 0 saturated carbocycles. The predicted molar refractivity (Wildman–Crippen MR) is 135 cm³/mol. The van der Waals surface area contributed by atoms with E-state index >= 15 is 0 Å². The molecule has 0 spiro atoms. The van der Waals surface area contributed by atoms with Crippen LogP contribution < -0.4 is 15.0 Å². The normalized spacial score (nSPS) is 11.4. The fourth-order valence-corrected chi connectivity index (χ4v) is 4.63. The van der Waals surface area contributed by atoms with Crippen LogP contribution in [0.1, 0.15) is 19.4 Å². The Bertz CT molecular complexity index is 1420. The van der Waals surface area contributed by atoms with E-state index in [2.05, 4.69) is 15.8 Å². The summed E-state index contributed by atoms with van der Waals surface area (Å²) < 4.78 is 27.5. The maximum atomic E-state index is 13.3. The summed E-state index contributed by atoms with van der Waals surface area (Å²) in [6, 6.07) is 19.2. The number of sulfonamides is 1. The third-order valence-corrected chi connectivity index (χ3v) is 6.68. The standard InChI is InChI=1S/C24H23N5O6S/c1-17(19-8-6-9-20(14-19)25-18(2)30)26-27-24(31)16-28(21-10-7-11-22(15-21)29(32)33)36(34,35)23-12-4-3-5-13-23/h3-15H,16H2,1-2H3,(H,25,30)(H,27,31)/b26-17-. The van der Waals surface area contributed by atoms with Gasteiger partial charge >= 0.3 is 0 Å². The quantitative estimate of drug-likeness (QED) is 0.257. The van der Waals surface area contributed by atoms with Gasteiger partial charge in [0.15, 0.2) is 0 Å². The van der Waals surface area contributed by atoms with Gasteiger partial charge in [-0.15, -0.1) is 0 Å². The lowest BCUT2D eigenvalue weighted by Gasteiger charge is -2.23. The highest BCUT2D eigenvalue weighted by molar-refractivity contribution is 7.92. The molecule has 36 heavy (non-hydrogen) atoms. The number of hydrogen-bond acceptors (Lipinski definition) is 7. The number of hydrazone groups is 1. The number of amides is 2. The van der Waals surface area contributed by atoms with Crippen molar-refractivity contribution in [2.45, 2.75) is 18.7 Å². The van der Waals surface area contributed by atoms with Gasteiger partial charge in [0.25, 0.3) is 21.6 Å². The van der Waals surface area contributed by atoms with Crippen molar-refractivity contribution in [1.29, 1.82) is 0 Å². The summed E-state index contributed by atoms with van der Waals surface area (Å²) in [5, 5.41) is 17.9. The maximum absolute atomic E-state index is 13.3. The number of hydrogen-bond donors (Lipinski definition) is 2. The second kappa shape index (κ2) is 11.2. The van der Waals surface area contributed by atoms with Gasteiger partial charge in [-0.3, -0.25) is 24.0 Å². The zero-order chi connectivity index (χ0) is 26.3. The number of carbonyl (C=O) groups excluding carboxylic acids is 2. The topological polar surface area (TPSA) is 151 Å². The van der Waals surface area contributed by atoms with E-state index in [9.17, 15) is 28.1 Å². The van der Waals surface area contributed by atoms with Crippen LogP contribution >= 0.6 is 0 Å². The van der Waals surface area contributed by atoms with Crippen molar-refractivity contribution in [2.24, 2.45) is 5.10 Å². The molecule has 2 N–H and O–H groups in total. The lowest BCUT2D eigenvalue weighted by Crippen LogP contribution is -2.39. The first kappa shape index (κ1) is 26.0. The molecule has 0 radical (unpaired) electrons. The van der Waals surface area contributed by atoms with Gasteiger partial charge in [0.05, 0.1) is 21.2 Å². The van der Waals surface area contributed by atoms with Gasteiger partial charge in [0.1, 0.15) is 6.54 Å². The molecule has 3 rings (SSSR count). The van der Waals surface area contributed by atoms with Crippen LogP contribution in [-0.2, 0) is 19.6 Å². The number of carbonyl (C=O) groups is 2. The van der Waals surface area contributed by atoms with Crippen LogP contribution in [0.4, 0.5) is 17.1 Å². The molecule has 2 amide bonds. The van der Waals surface area contributed by atoms with E-state index in [-0.39, 0.29) is 22.2 Å². The Morgan fingerprint density at radius 3 is 2.33 bits per heavy atom. The van der Waals surface area contributed by atoms with Gasteiger partial charge in [-0.2, -0.15) is 5.10 Å². The number of nitro groups is 1. The molecule has 0 aliphatic rings. The van der Waals surface area contributed by atoms with E-state index < -0.39 is 27.4 Å². The Kier molecular flexibility index (Phi) is 8.12. The highest BCUT2D eigenvalue weighted by atomic mass is 32.2. The third kappa shape index (κ3) is 6.51. The van der Waals surface area contributed by atoms with Crippen molar-refractivity contribution in [2.75, 3.05) is 16.2 Å². The fraction of sp³-hybridized carbons (Fsp3) is 0.125. The number of non-ortho nitro benzene ring substituents is 1. The minimum Gasteiger partial charge on any atom is -0.326 e. The highest BCUT2D eigenvalue weighted by Crippen LogP contribution is 2.26. The summed E-state index contributed by atoms with van der Waals surface area (Å²) >= 11 is 0. The Morgan fingerprint density at radius 1 is 0.972 bits per heavy atom. The van der Waals surface area contributed by atoms with Crippen molar-refractivity contribution in [3.05, 3.63) is 94.5 Å². The summed E-state index contributed by atoms with van der Waals surface area (Å²) in [7, 11) is -4.24. The van der Waals surface area contributed by atoms with Crippen molar-refractivity contribution in [3.63, 3.8) is 0 Å². The molecular weight excluding hydrogens is 486 g/mol. The molecular formula is C24H23N5O6S. The molecule has 3 aromatic rings. The minimum absolute atomic E-state index is 0.0492. The molecule has 0 fully saturated rings. The van der Waals surface area contributed by atoms with Gasteiger partial charge in [0, 0.05) is 24.7 Å². The lowest BCUT2D eigenvalue weighted by atomic mass is 10.1. The molecule has 0 atom stereocenters. The van der Waals surface area contributed by atoms with Gasteiger partial charge in [0.2, 0.25) is 5.91 Å². The SMILES string of the molecule is CC(=O)Nc1cccc(/C(C)=N\NC(=O)CN(c2cccc([N+](=O)[O-])c2)S(=O)(=O)c2ccccc2)c1. The number of rotatable bonds is 9. The van der Waals surface area contributed by atoms with Gasteiger partial charge in [-0.05, 0) is 42.8 Å². The van der Waals surface area contributed by atoms with Crippen LogP contribution in [0.15, 0.2) is 88.9 Å². The molecule has 3 aromatic carbocycles. The first-order valence-electron chi connectivity index (χ1n) is 10.6. The van der Waals surface area contributed by atoms with Crippen LogP contribution in [0.25, 0.3) is 0 Å². The molecule has 0 heterocycles. The van der Waals surface area contributed by atoms with Crippen LogP contribution in [0.2, 0.25) is 0 Å². The average Bonchev–Trinajstić information content (AvgIpc) is 2.86. The molecule has 0 unspecified atom stereocenters. The Hall–Kier alpha value is -4.58. The van der Waals surface area contributed by atoms with E-state index in [1.807, 2.05) is 0 Å². The highest BCUT2D eigenvalue weighted by Gasteiger charge is 2.28. The zero-order valence-corrected chi connectivity index (χ0v) is 20.2. The molecule has 0 aliphatic heterocycles. The summed E-state index contributed by atoms with van der Waals surface area (Å²) in [5.41, 5.74) is 3.52. The Balaban J connectivity index is 1.88. The van der Waals surface area contributed by atoms with Crippen LogP contribution in [0, 0.1) is 10.1 Å². The number of benzene rings is 3. The molecule has 0 aliphatic carbocycles. The molecule has 186 valence electrons. The molecule has 0 bridgehead atoms. The maximum Gasteiger partial charge on any atom is 0.271 e. The van der Waals surface area contributed by atoms with E-state index in [4.69, 9.17) is 0 Å². The van der Waals surface area contributed by atoms with Gasteiger partial charge in [-0.1, -0.05) is 36.4 Å². The van der Waals surface area contributed by atoms with E-state index in [1.165, 1.54) is 49.4 Å². The number of nitrogens with zero attached hydrogens (tertiary/aromatic N) is 3. The minimum atomic E-state index is -4.24. The summed E-state index contributed by atoms with van der Waals surface area (Å²) in [5.74, 6) is -1.01. The summed E-state index contributed by atoms with van der Waals surface area (Å²) in [4.78, 5) is 34.5. The fourth-order valence-electron chi connectivity index (χ4n) is 3.20. The molecule has 0 saturated heterocycles. The van der Waals surface area contributed by atoms with Crippen LogP contribution in [0.5, 0.6) is 0 Å². The van der Waals surface area contributed by atoms with Crippen molar-refractivity contribution >= 4 is 44.6 Å². The third-order valence-electron chi connectivity index (χ3n) is 4.90. The van der Waals surface area contributed by atoms with Crippen LogP contribution in [-0.4, -0.2) is 37.4 Å². The number of anilines is 2. The Morgan fingerprint density at radius 2 is 1.67 bits per heavy atom. The zero-order valence-electron chi connectivity index (χ0n) is 19.4. The monoisotopic (exact) mass is 509 g/mol. The number of nitrogens with one attached hydrogen (secondary N) is 2. The Labute approximate surface area is 207 Å². The second-order valence-corrected chi connectivity index (χ2v) is 9.46. The first-order valence-corrected chi connectivity index (χ1v) is 12.1. The molecule has 0 aromatic heterocycles. The van der Waals surface area contributed by atoms with Gasteiger partial charge < -0.3 is 5.32 Å². The summed E-state index contributed by atoms with van der Waals surface area (Å²) in [6.07, 6.45) is 0. The number of nitro benzene ring substituents is 1. The van der Waals surface area contributed by atoms with Crippen molar-refractivity contribution < 1.29 is 22.9 Å². The van der Waals surface area contributed by atoms with Gasteiger partial charge in [-0.25, -0.2) is 13.8 Å².